The second kappa shape index (κ2) is 7.80. The highest BCUT2D eigenvalue weighted by atomic mass is 16.7. The number of furan rings is 1. The van der Waals surface area contributed by atoms with Gasteiger partial charge in [0.1, 0.15) is 11.5 Å². The third-order valence-electron chi connectivity index (χ3n) is 4.99. The van der Waals surface area contributed by atoms with Gasteiger partial charge in [0.15, 0.2) is 11.5 Å². The summed E-state index contributed by atoms with van der Waals surface area (Å²) in [4.78, 5) is 14.7. The van der Waals surface area contributed by atoms with E-state index in [-0.39, 0.29) is 18.6 Å². The Balaban J connectivity index is 1.56. The Bertz CT molecular complexity index is 964. The maximum Gasteiger partial charge on any atom is 0.231 e. The Labute approximate surface area is 164 Å². The summed E-state index contributed by atoms with van der Waals surface area (Å²) in [5.41, 5.74) is 2.13. The molecule has 5 heteroatoms. The molecule has 0 saturated carbocycles. The van der Waals surface area contributed by atoms with Crippen molar-refractivity contribution in [3.05, 3.63) is 83.3 Å². The van der Waals surface area contributed by atoms with Crippen LogP contribution in [0.1, 0.15) is 35.0 Å². The first-order valence-electron chi connectivity index (χ1n) is 9.34. The van der Waals surface area contributed by atoms with Gasteiger partial charge >= 0.3 is 0 Å². The number of rotatable bonds is 6. The number of carbonyl (C=O) groups excluding carboxylic acids is 1. The number of carbonyl (C=O) groups is 1. The Morgan fingerprint density at radius 3 is 2.54 bits per heavy atom. The van der Waals surface area contributed by atoms with Crippen molar-refractivity contribution in [2.24, 2.45) is 0 Å². The van der Waals surface area contributed by atoms with Crippen molar-refractivity contribution >= 4 is 5.91 Å². The summed E-state index contributed by atoms with van der Waals surface area (Å²) in [6, 6.07) is 19.8. The maximum atomic E-state index is 13.0. The van der Waals surface area contributed by atoms with E-state index in [1.807, 2.05) is 62.5 Å². The van der Waals surface area contributed by atoms with Gasteiger partial charge in [-0.2, -0.15) is 0 Å². The standard InChI is InChI=1S/C23H23NO4/c1-16-8-10-19(28-16)14-24(2)23(25)13-20(17-6-4-3-5-7-17)18-9-11-21-22(12-18)27-15-26-21/h3-12,20H,13-15H2,1-2H3/t20-/m0/s1. The average Bonchev–Trinajstić information content (AvgIpc) is 3.34. The summed E-state index contributed by atoms with van der Waals surface area (Å²) in [5.74, 6) is 3.09. The Hall–Kier alpha value is -3.21. The van der Waals surface area contributed by atoms with Crippen molar-refractivity contribution in [1.29, 1.82) is 0 Å². The van der Waals surface area contributed by atoms with E-state index in [0.29, 0.717) is 13.0 Å². The number of ether oxygens (including phenoxy) is 2. The normalized spacial score (nSPS) is 13.4. The number of nitrogens with zero attached hydrogens (tertiary/aromatic N) is 1. The number of aryl methyl sites for hydroxylation is 1. The molecule has 0 unspecified atom stereocenters. The maximum absolute atomic E-state index is 13.0. The molecule has 2 aromatic carbocycles. The molecule has 2 heterocycles. The lowest BCUT2D eigenvalue weighted by Crippen LogP contribution is -2.27. The van der Waals surface area contributed by atoms with Gasteiger partial charge in [0, 0.05) is 19.4 Å². The fraction of sp³-hybridized carbons (Fsp3) is 0.261. The van der Waals surface area contributed by atoms with Crippen molar-refractivity contribution in [1.82, 2.24) is 4.90 Å². The summed E-state index contributed by atoms with van der Waals surface area (Å²) in [6.45, 7) is 2.59. The SMILES string of the molecule is Cc1ccc(CN(C)C(=O)C[C@@H](c2ccccc2)c2ccc3c(c2)OCO3)o1. The van der Waals surface area contributed by atoms with E-state index in [4.69, 9.17) is 13.9 Å². The summed E-state index contributed by atoms with van der Waals surface area (Å²) in [5, 5.41) is 0. The number of amides is 1. The van der Waals surface area contributed by atoms with Gasteiger partial charge in [0.05, 0.1) is 6.54 Å². The van der Waals surface area contributed by atoms with Crippen LogP contribution in [0.5, 0.6) is 11.5 Å². The molecule has 1 atom stereocenters. The summed E-state index contributed by atoms with van der Waals surface area (Å²) in [6.07, 6.45) is 0.361. The second-order valence-electron chi connectivity index (χ2n) is 7.04. The number of benzene rings is 2. The monoisotopic (exact) mass is 377 g/mol. The van der Waals surface area contributed by atoms with Crippen molar-refractivity contribution in [2.75, 3.05) is 13.8 Å². The number of fused-ring (bicyclic) bond motifs is 1. The number of hydrogen-bond acceptors (Lipinski definition) is 4. The van der Waals surface area contributed by atoms with Gasteiger partial charge in [-0.3, -0.25) is 4.79 Å². The fourth-order valence-corrected chi connectivity index (χ4v) is 3.47. The first-order valence-corrected chi connectivity index (χ1v) is 9.34. The first kappa shape index (κ1) is 18.2. The molecule has 0 radical (unpaired) electrons. The van der Waals surface area contributed by atoms with Crippen LogP contribution in [0.2, 0.25) is 0 Å². The van der Waals surface area contributed by atoms with Crippen LogP contribution in [0.3, 0.4) is 0 Å². The van der Waals surface area contributed by atoms with Crippen LogP contribution in [-0.2, 0) is 11.3 Å². The lowest BCUT2D eigenvalue weighted by molar-refractivity contribution is -0.130. The molecule has 4 rings (SSSR count). The molecule has 0 spiro atoms. The average molecular weight is 377 g/mol. The second-order valence-corrected chi connectivity index (χ2v) is 7.04. The zero-order valence-corrected chi connectivity index (χ0v) is 16.1. The van der Waals surface area contributed by atoms with Crippen molar-refractivity contribution in [2.45, 2.75) is 25.8 Å². The minimum atomic E-state index is -0.0658. The van der Waals surface area contributed by atoms with Gasteiger partial charge in [-0.15, -0.1) is 0 Å². The quantitative estimate of drug-likeness (QED) is 0.635. The lowest BCUT2D eigenvalue weighted by Gasteiger charge is -2.22. The molecule has 0 saturated heterocycles. The summed E-state index contributed by atoms with van der Waals surface area (Å²) >= 11 is 0. The van der Waals surface area contributed by atoms with E-state index in [1.54, 1.807) is 4.90 Å². The van der Waals surface area contributed by atoms with Crippen molar-refractivity contribution < 1.29 is 18.7 Å². The first-order chi connectivity index (χ1) is 13.6. The Morgan fingerprint density at radius 1 is 1.00 bits per heavy atom. The molecule has 1 aliphatic heterocycles. The molecule has 1 aliphatic rings. The lowest BCUT2D eigenvalue weighted by atomic mass is 9.88. The van der Waals surface area contributed by atoms with Gasteiger partial charge in [-0.1, -0.05) is 36.4 Å². The highest BCUT2D eigenvalue weighted by Crippen LogP contribution is 2.37. The van der Waals surface area contributed by atoms with Gasteiger partial charge in [-0.25, -0.2) is 0 Å². The molecule has 0 N–H and O–H groups in total. The van der Waals surface area contributed by atoms with E-state index in [1.165, 1.54) is 0 Å². The highest BCUT2D eigenvalue weighted by molar-refractivity contribution is 5.77. The molecule has 0 bridgehead atoms. The van der Waals surface area contributed by atoms with Gasteiger partial charge < -0.3 is 18.8 Å². The molecule has 0 aliphatic carbocycles. The highest BCUT2D eigenvalue weighted by Gasteiger charge is 2.23. The van der Waals surface area contributed by atoms with Gasteiger partial charge in [-0.05, 0) is 42.3 Å². The largest absolute Gasteiger partial charge is 0.464 e. The topological polar surface area (TPSA) is 51.9 Å². The van der Waals surface area contributed by atoms with E-state index in [2.05, 4.69) is 12.1 Å². The van der Waals surface area contributed by atoms with E-state index >= 15 is 0 Å². The molecule has 28 heavy (non-hydrogen) atoms. The van der Waals surface area contributed by atoms with Crippen molar-refractivity contribution in [3.8, 4) is 11.5 Å². The van der Waals surface area contributed by atoms with Gasteiger partial charge in [0.2, 0.25) is 12.7 Å². The molecule has 0 fully saturated rings. The van der Waals surface area contributed by atoms with E-state index in [9.17, 15) is 4.79 Å². The molecular formula is C23H23NO4. The molecule has 3 aromatic rings. The fourth-order valence-electron chi connectivity index (χ4n) is 3.47. The Kier molecular flexibility index (Phi) is 5.06. The third kappa shape index (κ3) is 3.88. The van der Waals surface area contributed by atoms with E-state index in [0.717, 1.165) is 34.1 Å². The molecule has 5 nitrogen and oxygen atoms in total. The van der Waals surface area contributed by atoms with Crippen LogP contribution >= 0.6 is 0 Å². The van der Waals surface area contributed by atoms with Crippen LogP contribution in [0.15, 0.2) is 65.1 Å². The molecule has 1 aromatic heterocycles. The van der Waals surface area contributed by atoms with Crippen LogP contribution < -0.4 is 9.47 Å². The smallest absolute Gasteiger partial charge is 0.231 e. The Morgan fingerprint density at radius 2 is 1.79 bits per heavy atom. The molecule has 144 valence electrons. The van der Waals surface area contributed by atoms with Crippen LogP contribution in [0.4, 0.5) is 0 Å². The molecular weight excluding hydrogens is 354 g/mol. The minimum Gasteiger partial charge on any atom is -0.464 e. The van der Waals surface area contributed by atoms with E-state index < -0.39 is 0 Å². The van der Waals surface area contributed by atoms with Crippen molar-refractivity contribution in [3.63, 3.8) is 0 Å². The minimum absolute atomic E-state index is 0.0561. The van der Waals surface area contributed by atoms with Crippen LogP contribution in [0, 0.1) is 6.92 Å². The predicted molar refractivity (Wildman–Crippen MR) is 105 cm³/mol. The van der Waals surface area contributed by atoms with Crippen LogP contribution in [-0.4, -0.2) is 24.6 Å². The van der Waals surface area contributed by atoms with Crippen LogP contribution in [0.25, 0.3) is 0 Å². The number of hydrogen-bond donors (Lipinski definition) is 0. The summed E-state index contributed by atoms with van der Waals surface area (Å²) < 4.78 is 16.6. The third-order valence-corrected chi connectivity index (χ3v) is 4.99. The summed E-state index contributed by atoms with van der Waals surface area (Å²) in [7, 11) is 1.81. The zero-order chi connectivity index (χ0) is 19.5. The predicted octanol–water partition coefficient (Wildman–Crippen LogP) is 4.50. The van der Waals surface area contributed by atoms with Gasteiger partial charge in [0.25, 0.3) is 0 Å². The molecule has 1 amide bonds. The zero-order valence-electron chi connectivity index (χ0n) is 16.1.